The molecule has 1 aromatic rings. The molecule has 3 nitrogen and oxygen atoms in total. The number of fused-ring (bicyclic) bond motifs is 4. The van der Waals surface area contributed by atoms with Gasteiger partial charge in [-0.3, -0.25) is 9.88 Å². The summed E-state index contributed by atoms with van der Waals surface area (Å²) in [5, 5.41) is 9.79. The van der Waals surface area contributed by atoms with Crippen LogP contribution in [0.25, 0.3) is 0 Å². The third-order valence-corrected chi connectivity index (χ3v) is 4.59. The normalized spacial score (nSPS) is 37.4. The fraction of sp³-hybridized carbons (Fsp3) is 0.615. The van der Waals surface area contributed by atoms with Crippen molar-refractivity contribution in [3.05, 3.63) is 29.6 Å². The van der Waals surface area contributed by atoms with Gasteiger partial charge in [-0.05, 0) is 37.1 Å². The number of likely N-dealkylation sites (N-methyl/N-ethyl adjacent to an activating group) is 1. The van der Waals surface area contributed by atoms with Crippen LogP contribution in [-0.2, 0) is 5.41 Å². The van der Waals surface area contributed by atoms with E-state index in [0.29, 0.717) is 12.1 Å². The van der Waals surface area contributed by atoms with Crippen molar-refractivity contribution in [2.75, 3.05) is 13.7 Å². The molecule has 3 heteroatoms. The minimum Gasteiger partial charge on any atom is -0.395 e. The summed E-state index contributed by atoms with van der Waals surface area (Å²) in [6.07, 6.45) is 6.19. The summed E-state index contributed by atoms with van der Waals surface area (Å²) in [5.41, 5.74) is 2.49. The zero-order chi connectivity index (χ0) is 11.3. The van der Waals surface area contributed by atoms with Gasteiger partial charge in [0.2, 0.25) is 0 Å². The Morgan fingerprint density at radius 3 is 3.12 bits per heavy atom. The molecule has 0 aliphatic carbocycles. The van der Waals surface area contributed by atoms with E-state index in [1.165, 1.54) is 24.0 Å². The van der Waals surface area contributed by atoms with Crippen LogP contribution in [-0.4, -0.2) is 34.7 Å². The SMILES string of the molecule is CN1[C@@H]2CC[C@H]1C(C)(CO)c1ccncc12. The van der Waals surface area contributed by atoms with Crippen LogP contribution in [0.15, 0.2) is 18.5 Å². The molecule has 1 N–H and O–H groups in total. The Morgan fingerprint density at radius 1 is 1.56 bits per heavy atom. The minimum atomic E-state index is -0.125. The molecule has 3 atom stereocenters. The first-order valence-corrected chi connectivity index (χ1v) is 5.95. The van der Waals surface area contributed by atoms with Gasteiger partial charge in [-0.1, -0.05) is 6.92 Å². The Hall–Kier alpha value is -0.930. The Balaban J connectivity index is 2.22. The van der Waals surface area contributed by atoms with Crippen LogP contribution < -0.4 is 0 Å². The standard InChI is InChI=1S/C13H18N2O/c1-13(8-16)10-5-6-14-7-9(10)11-3-4-12(13)15(11)2/h5-7,11-12,16H,3-4,8H2,1-2H3/t11-,12+,13?/m1/s1. The largest absolute Gasteiger partial charge is 0.395 e. The van der Waals surface area contributed by atoms with E-state index in [1.54, 1.807) is 0 Å². The first-order chi connectivity index (χ1) is 7.68. The van der Waals surface area contributed by atoms with E-state index in [4.69, 9.17) is 0 Å². The molecule has 3 heterocycles. The van der Waals surface area contributed by atoms with E-state index in [2.05, 4.69) is 29.9 Å². The van der Waals surface area contributed by atoms with Gasteiger partial charge in [0.25, 0.3) is 0 Å². The van der Waals surface area contributed by atoms with Gasteiger partial charge in [0.1, 0.15) is 0 Å². The van der Waals surface area contributed by atoms with E-state index in [9.17, 15) is 5.11 Å². The molecule has 1 unspecified atom stereocenters. The number of hydrogen-bond donors (Lipinski definition) is 1. The lowest BCUT2D eigenvalue weighted by molar-refractivity contribution is 0.0875. The third kappa shape index (κ3) is 1.08. The molecule has 1 aromatic heterocycles. The number of hydrogen-bond acceptors (Lipinski definition) is 3. The fourth-order valence-corrected chi connectivity index (χ4v) is 3.65. The highest BCUT2D eigenvalue weighted by atomic mass is 16.3. The maximum Gasteiger partial charge on any atom is 0.0540 e. The Kier molecular flexibility index (Phi) is 2.10. The Labute approximate surface area is 96.1 Å². The van der Waals surface area contributed by atoms with E-state index >= 15 is 0 Å². The second-order valence-electron chi connectivity index (χ2n) is 5.31. The van der Waals surface area contributed by atoms with Crippen molar-refractivity contribution in [2.45, 2.75) is 37.3 Å². The van der Waals surface area contributed by atoms with Crippen molar-refractivity contribution in [3.8, 4) is 0 Å². The highest BCUT2D eigenvalue weighted by Gasteiger charge is 2.50. The van der Waals surface area contributed by atoms with Crippen LogP contribution in [0.2, 0.25) is 0 Å². The Morgan fingerprint density at radius 2 is 2.38 bits per heavy atom. The quantitative estimate of drug-likeness (QED) is 0.775. The molecule has 3 rings (SSSR count). The molecule has 1 fully saturated rings. The zero-order valence-corrected chi connectivity index (χ0v) is 9.85. The van der Waals surface area contributed by atoms with E-state index in [-0.39, 0.29) is 12.0 Å². The molecule has 0 saturated carbocycles. The van der Waals surface area contributed by atoms with Gasteiger partial charge in [0.05, 0.1) is 6.61 Å². The van der Waals surface area contributed by atoms with Gasteiger partial charge >= 0.3 is 0 Å². The van der Waals surface area contributed by atoms with Crippen molar-refractivity contribution >= 4 is 0 Å². The van der Waals surface area contributed by atoms with Crippen molar-refractivity contribution in [1.82, 2.24) is 9.88 Å². The average Bonchev–Trinajstić information content (AvgIpc) is 2.64. The summed E-state index contributed by atoms with van der Waals surface area (Å²) in [6, 6.07) is 3.06. The van der Waals surface area contributed by atoms with Gasteiger partial charge in [-0.2, -0.15) is 0 Å². The fourth-order valence-electron chi connectivity index (χ4n) is 3.65. The van der Waals surface area contributed by atoms with Gasteiger partial charge in [0, 0.05) is 29.9 Å². The van der Waals surface area contributed by atoms with E-state index < -0.39 is 0 Å². The molecular weight excluding hydrogens is 200 g/mol. The van der Waals surface area contributed by atoms with Crippen LogP contribution in [0.5, 0.6) is 0 Å². The van der Waals surface area contributed by atoms with Crippen molar-refractivity contribution < 1.29 is 5.11 Å². The van der Waals surface area contributed by atoms with E-state index in [0.717, 1.165) is 0 Å². The molecule has 16 heavy (non-hydrogen) atoms. The summed E-state index contributed by atoms with van der Waals surface area (Å²) >= 11 is 0. The summed E-state index contributed by atoms with van der Waals surface area (Å²) in [5.74, 6) is 0. The molecular formula is C13H18N2O. The topological polar surface area (TPSA) is 36.4 Å². The molecule has 0 amide bonds. The van der Waals surface area contributed by atoms with Crippen molar-refractivity contribution in [3.63, 3.8) is 0 Å². The molecule has 0 radical (unpaired) electrons. The summed E-state index contributed by atoms with van der Waals surface area (Å²) < 4.78 is 0. The number of aromatic nitrogens is 1. The first-order valence-electron chi connectivity index (χ1n) is 5.95. The van der Waals surface area contributed by atoms with Crippen LogP contribution in [0.3, 0.4) is 0 Å². The molecule has 2 bridgehead atoms. The average molecular weight is 218 g/mol. The Bertz CT molecular complexity index is 420. The second-order valence-corrected chi connectivity index (χ2v) is 5.31. The molecule has 2 aliphatic heterocycles. The molecule has 86 valence electrons. The van der Waals surface area contributed by atoms with Gasteiger partial charge in [-0.25, -0.2) is 0 Å². The van der Waals surface area contributed by atoms with Gasteiger partial charge < -0.3 is 5.11 Å². The van der Waals surface area contributed by atoms with Crippen molar-refractivity contribution in [2.24, 2.45) is 0 Å². The van der Waals surface area contributed by atoms with Crippen LogP contribution in [0, 0.1) is 0 Å². The maximum atomic E-state index is 9.79. The summed E-state index contributed by atoms with van der Waals surface area (Å²) in [7, 11) is 2.17. The maximum absolute atomic E-state index is 9.79. The van der Waals surface area contributed by atoms with Gasteiger partial charge in [-0.15, -0.1) is 0 Å². The number of pyridine rings is 1. The second kappa shape index (κ2) is 3.28. The molecule has 0 aromatic carbocycles. The van der Waals surface area contributed by atoms with Gasteiger partial charge in [0.15, 0.2) is 0 Å². The molecule has 1 saturated heterocycles. The highest BCUT2D eigenvalue weighted by Crippen LogP contribution is 2.50. The number of aliphatic hydroxyl groups excluding tert-OH is 1. The third-order valence-electron chi connectivity index (χ3n) is 4.59. The first kappa shape index (κ1) is 10.2. The van der Waals surface area contributed by atoms with Crippen LogP contribution in [0.1, 0.15) is 36.9 Å². The predicted octanol–water partition coefficient (Wildman–Crippen LogP) is 1.48. The molecule has 0 spiro atoms. The zero-order valence-electron chi connectivity index (χ0n) is 9.85. The van der Waals surface area contributed by atoms with E-state index in [1.807, 2.05) is 12.4 Å². The number of rotatable bonds is 1. The smallest absolute Gasteiger partial charge is 0.0540 e. The molecule has 2 aliphatic rings. The van der Waals surface area contributed by atoms with Crippen LogP contribution in [0.4, 0.5) is 0 Å². The monoisotopic (exact) mass is 218 g/mol. The lowest BCUT2D eigenvalue weighted by Crippen LogP contribution is -2.50. The summed E-state index contributed by atoms with van der Waals surface area (Å²) in [4.78, 5) is 6.66. The minimum absolute atomic E-state index is 0.125. The lowest BCUT2D eigenvalue weighted by atomic mass is 9.72. The van der Waals surface area contributed by atoms with Crippen molar-refractivity contribution in [1.29, 1.82) is 0 Å². The number of nitrogens with zero attached hydrogens (tertiary/aromatic N) is 2. The number of aliphatic hydroxyl groups is 1. The lowest BCUT2D eigenvalue weighted by Gasteiger charge is -2.45. The van der Waals surface area contributed by atoms with Crippen LogP contribution >= 0.6 is 0 Å². The summed E-state index contributed by atoms with van der Waals surface area (Å²) in [6.45, 7) is 2.39. The predicted molar refractivity (Wildman–Crippen MR) is 62.2 cm³/mol. The highest BCUT2D eigenvalue weighted by molar-refractivity contribution is 5.40.